The molecule has 0 aromatic carbocycles. The molecule has 0 N–H and O–H groups in total. The number of hydrogen-bond acceptors (Lipinski definition) is 2. The molecule has 0 aliphatic heterocycles. The Kier molecular flexibility index (Phi) is 5.07. The summed E-state index contributed by atoms with van der Waals surface area (Å²) in [6, 6.07) is 0. The molecule has 0 aliphatic rings. The molecule has 0 saturated heterocycles. The van der Waals surface area contributed by atoms with E-state index >= 15 is 0 Å². The second kappa shape index (κ2) is 5.65. The van der Waals surface area contributed by atoms with Gasteiger partial charge in [0.2, 0.25) is 5.91 Å². The monoisotopic (exact) mass is 155 g/mol. The SMILES string of the molecule is C=CC(=O)N(CC)CCC=O. The van der Waals surface area contributed by atoms with Gasteiger partial charge in [0, 0.05) is 19.5 Å². The Morgan fingerprint density at radius 3 is 2.64 bits per heavy atom. The van der Waals surface area contributed by atoms with Crippen molar-refractivity contribution in [2.75, 3.05) is 13.1 Å². The van der Waals surface area contributed by atoms with Crippen LogP contribution in [0.5, 0.6) is 0 Å². The summed E-state index contributed by atoms with van der Waals surface area (Å²) >= 11 is 0. The first kappa shape index (κ1) is 9.88. The molecule has 0 unspecified atom stereocenters. The summed E-state index contributed by atoms with van der Waals surface area (Å²) in [6.45, 7) is 6.34. The zero-order chi connectivity index (χ0) is 8.69. The van der Waals surface area contributed by atoms with Gasteiger partial charge in [0.25, 0.3) is 0 Å². The van der Waals surface area contributed by atoms with E-state index in [1.807, 2.05) is 6.92 Å². The second-order valence-electron chi connectivity index (χ2n) is 2.08. The van der Waals surface area contributed by atoms with Crippen LogP contribution in [0.2, 0.25) is 0 Å². The molecule has 0 saturated carbocycles. The average Bonchev–Trinajstić information content (AvgIpc) is 2.05. The Morgan fingerprint density at radius 2 is 2.27 bits per heavy atom. The summed E-state index contributed by atoms with van der Waals surface area (Å²) < 4.78 is 0. The van der Waals surface area contributed by atoms with E-state index in [0.29, 0.717) is 19.5 Å². The zero-order valence-electron chi connectivity index (χ0n) is 6.75. The number of carbonyl (C=O) groups excluding carboxylic acids is 2. The molecule has 1 amide bonds. The maximum absolute atomic E-state index is 10.9. The third-order valence-corrected chi connectivity index (χ3v) is 1.38. The van der Waals surface area contributed by atoms with Crippen molar-refractivity contribution in [2.24, 2.45) is 0 Å². The molecule has 0 aromatic heterocycles. The minimum absolute atomic E-state index is 0.116. The molecule has 11 heavy (non-hydrogen) atoms. The molecule has 0 fully saturated rings. The minimum atomic E-state index is -0.116. The summed E-state index contributed by atoms with van der Waals surface area (Å²) in [5.41, 5.74) is 0. The van der Waals surface area contributed by atoms with Crippen molar-refractivity contribution < 1.29 is 9.59 Å². The summed E-state index contributed by atoms with van der Waals surface area (Å²) in [5, 5.41) is 0. The smallest absolute Gasteiger partial charge is 0.245 e. The summed E-state index contributed by atoms with van der Waals surface area (Å²) in [4.78, 5) is 22.5. The molecule has 0 heterocycles. The normalized spacial score (nSPS) is 8.82. The van der Waals surface area contributed by atoms with Crippen molar-refractivity contribution in [3.8, 4) is 0 Å². The summed E-state index contributed by atoms with van der Waals surface area (Å²) in [7, 11) is 0. The standard InChI is InChI=1S/C8H13NO2/c1-3-8(11)9(4-2)6-5-7-10/h3,7H,1,4-6H2,2H3. The lowest BCUT2D eigenvalue weighted by Gasteiger charge is -2.16. The van der Waals surface area contributed by atoms with Crippen LogP contribution in [-0.2, 0) is 9.59 Å². The summed E-state index contributed by atoms with van der Waals surface area (Å²) in [6.07, 6.45) is 2.46. The number of aldehydes is 1. The van der Waals surface area contributed by atoms with Gasteiger partial charge in [-0.1, -0.05) is 6.58 Å². The number of rotatable bonds is 5. The fourth-order valence-electron chi connectivity index (χ4n) is 0.762. The van der Waals surface area contributed by atoms with Gasteiger partial charge in [0.15, 0.2) is 0 Å². The Bertz CT molecular complexity index is 154. The number of amides is 1. The van der Waals surface area contributed by atoms with Crippen LogP contribution in [-0.4, -0.2) is 30.2 Å². The first-order chi connectivity index (χ1) is 5.26. The molecule has 0 aliphatic carbocycles. The van der Waals surface area contributed by atoms with Gasteiger partial charge < -0.3 is 9.69 Å². The van der Waals surface area contributed by atoms with Crippen molar-refractivity contribution in [1.29, 1.82) is 0 Å². The van der Waals surface area contributed by atoms with Gasteiger partial charge >= 0.3 is 0 Å². The lowest BCUT2D eigenvalue weighted by molar-refractivity contribution is -0.126. The van der Waals surface area contributed by atoms with Gasteiger partial charge in [-0.2, -0.15) is 0 Å². The molecule has 0 spiro atoms. The van der Waals surface area contributed by atoms with Crippen molar-refractivity contribution in [2.45, 2.75) is 13.3 Å². The second-order valence-corrected chi connectivity index (χ2v) is 2.08. The van der Waals surface area contributed by atoms with Gasteiger partial charge in [-0.05, 0) is 13.0 Å². The van der Waals surface area contributed by atoms with E-state index in [0.717, 1.165) is 6.29 Å². The van der Waals surface area contributed by atoms with Crippen molar-refractivity contribution in [3.63, 3.8) is 0 Å². The van der Waals surface area contributed by atoms with E-state index in [9.17, 15) is 9.59 Å². The molecule has 0 bridgehead atoms. The third-order valence-electron chi connectivity index (χ3n) is 1.38. The van der Waals surface area contributed by atoms with E-state index in [2.05, 4.69) is 6.58 Å². The maximum atomic E-state index is 10.9. The van der Waals surface area contributed by atoms with Crippen molar-refractivity contribution in [1.82, 2.24) is 4.90 Å². The Morgan fingerprint density at radius 1 is 1.64 bits per heavy atom. The van der Waals surface area contributed by atoms with E-state index in [-0.39, 0.29) is 5.91 Å². The molecule has 3 nitrogen and oxygen atoms in total. The van der Waals surface area contributed by atoms with Crippen LogP contribution in [0.3, 0.4) is 0 Å². The lowest BCUT2D eigenvalue weighted by Crippen LogP contribution is -2.30. The van der Waals surface area contributed by atoms with Crippen LogP contribution in [0.15, 0.2) is 12.7 Å². The van der Waals surface area contributed by atoms with E-state index in [1.54, 1.807) is 4.90 Å². The van der Waals surface area contributed by atoms with E-state index in [1.165, 1.54) is 6.08 Å². The molecule has 0 radical (unpaired) electrons. The molecule has 62 valence electrons. The highest BCUT2D eigenvalue weighted by Crippen LogP contribution is 1.91. The highest BCUT2D eigenvalue weighted by Gasteiger charge is 2.05. The first-order valence-corrected chi connectivity index (χ1v) is 3.61. The van der Waals surface area contributed by atoms with Gasteiger partial charge in [0.05, 0.1) is 0 Å². The highest BCUT2D eigenvalue weighted by atomic mass is 16.2. The van der Waals surface area contributed by atoms with Crippen LogP contribution in [0.25, 0.3) is 0 Å². The van der Waals surface area contributed by atoms with Crippen LogP contribution >= 0.6 is 0 Å². The fourth-order valence-corrected chi connectivity index (χ4v) is 0.762. The lowest BCUT2D eigenvalue weighted by atomic mass is 10.4. The zero-order valence-corrected chi connectivity index (χ0v) is 6.75. The van der Waals surface area contributed by atoms with Crippen LogP contribution in [0, 0.1) is 0 Å². The molecule has 0 rings (SSSR count). The third kappa shape index (κ3) is 3.55. The molecular weight excluding hydrogens is 142 g/mol. The van der Waals surface area contributed by atoms with Crippen LogP contribution in [0.4, 0.5) is 0 Å². The van der Waals surface area contributed by atoms with E-state index < -0.39 is 0 Å². The fraction of sp³-hybridized carbons (Fsp3) is 0.500. The Labute approximate surface area is 66.7 Å². The van der Waals surface area contributed by atoms with Crippen molar-refractivity contribution >= 4 is 12.2 Å². The molecule has 3 heteroatoms. The molecule has 0 aromatic rings. The minimum Gasteiger partial charge on any atom is -0.339 e. The topological polar surface area (TPSA) is 37.4 Å². The predicted octanol–water partition coefficient (Wildman–Crippen LogP) is 0.610. The van der Waals surface area contributed by atoms with Crippen molar-refractivity contribution in [3.05, 3.63) is 12.7 Å². The Hall–Kier alpha value is -1.12. The largest absolute Gasteiger partial charge is 0.339 e. The van der Waals surface area contributed by atoms with Crippen LogP contribution < -0.4 is 0 Å². The molecular formula is C8H13NO2. The number of likely N-dealkylation sites (N-methyl/N-ethyl adjacent to an activating group) is 1. The predicted molar refractivity (Wildman–Crippen MR) is 43.1 cm³/mol. The van der Waals surface area contributed by atoms with E-state index in [4.69, 9.17) is 0 Å². The van der Waals surface area contributed by atoms with Gasteiger partial charge in [-0.15, -0.1) is 0 Å². The average molecular weight is 155 g/mol. The number of carbonyl (C=O) groups is 2. The van der Waals surface area contributed by atoms with Crippen LogP contribution in [0.1, 0.15) is 13.3 Å². The highest BCUT2D eigenvalue weighted by molar-refractivity contribution is 5.87. The van der Waals surface area contributed by atoms with Gasteiger partial charge in [-0.25, -0.2) is 0 Å². The summed E-state index contributed by atoms with van der Waals surface area (Å²) in [5.74, 6) is -0.116. The molecule has 0 atom stereocenters. The quantitative estimate of drug-likeness (QED) is 0.431. The number of hydrogen-bond donors (Lipinski definition) is 0. The van der Waals surface area contributed by atoms with Gasteiger partial charge in [-0.3, -0.25) is 4.79 Å². The Balaban J connectivity index is 3.83. The first-order valence-electron chi connectivity index (χ1n) is 3.61. The maximum Gasteiger partial charge on any atom is 0.245 e. The van der Waals surface area contributed by atoms with Gasteiger partial charge in [0.1, 0.15) is 6.29 Å². The number of nitrogens with zero attached hydrogens (tertiary/aromatic N) is 1.